The Hall–Kier alpha value is -1.61. The number of rotatable bonds is 7. The minimum absolute atomic E-state index is 0.147. The molecule has 0 bridgehead atoms. The number of carboxylic acid groups (broad SMARTS) is 1. The van der Waals surface area contributed by atoms with Gasteiger partial charge in [-0.3, -0.25) is 4.79 Å². The lowest BCUT2D eigenvalue weighted by Gasteiger charge is -2.30. The van der Waals surface area contributed by atoms with Gasteiger partial charge in [0.2, 0.25) is 0 Å². The molecule has 0 radical (unpaired) electrons. The third-order valence-electron chi connectivity index (χ3n) is 4.31. The van der Waals surface area contributed by atoms with Crippen molar-refractivity contribution in [3.05, 3.63) is 48.6 Å². The van der Waals surface area contributed by atoms with Gasteiger partial charge in [-0.1, -0.05) is 42.8 Å². The van der Waals surface area contributed by atoms with Crippen LogP contribution in [0.25, 0.3) is 0 Å². The number of carbonyl (C=O) groups is 1. The average Bonchev–Trinajstić information content (AvgIpc) is 2.85. The molecule has 3 nitrogen and oxygen atoms in total. The van der Waals surface area contributed by atoms with Crippen molar-refractivity contribution in [3.8, 4) is 0 Å². The maximum absolute atomic E-state index is 11.7. The summed E-state index contributed by atoms with van der Waals surface area (Å²) in [6.45, 7) is 4.50. The van der Waals surface area contributed by atoms with Crippen molar-refractivity contribution in [1.82, 2.24) is 0 Å². The van der Waals surface area contributed by atoms with Crippen molar-refractivity contribution < 1.29 is 14.6 Å². The average molecular weight is 274 g/mol. The van der Waals surface area contributed by atoms with Crippen LogP contribution in [-0.4, -0.2) is 17.7 Å². The first-order chi connectivity index (χ1) is 9.69. The number of hydrogen-bond acceptors (Lipinski definition) is 2. The molecule has 1 aromatic rings. The number of ether oxygens (including phenoxy) is 1. The molecule has 0 spiro atoms. The Morgan fingerprint density at radius 2 is 2.20 bits per heavy atom. The molecule has 0 aliphatic heterocycles. The number of benzene rings is 1. The molecule has 0 saturated heterocycles. The fourth-order valence-electron chi connectivity index (χ4n) is 3.15. The van der Waals surface area contributed by atoms with Crippen molar-refractivity contribution in [2.75, 3.05) is 6.61 Å². The van der Waals surface area contributed by atoms with E-state index in [0.717, 1.165) is 24.8 Å². The highest BCUT2D eigenvalue weighted by atomic mass is 16.5. The van der Waals surface area contributed by atoms with Crippen LogP contribution in [0.2, 0.25) is 0 Å². The van der Waals surface area contributed by atoms with Gasteiger partial charge in [0.15, 0.2) is 0 Å². The molecule has 1 aliphatic carbocycles. The molecule has 0 amide bonds. The van der Waals surface area contributed by atoms with Gasteiger partial charge in [-0.2, -0.15) is 0 Å². The van der Waals surface area contributed by atoms with Gasteiger partial charge in [-0.15, -0.1) is 6.58 Å². The van der Waals surface area contributed by atoms with E-state index < -0.39 is 11.4 Å². The van der Waals surface area contributed by atoms with E-state index in [1.807, 2.05) is 36.4 Å². The smallest absolute Gasteiger partial charge is 0.312 e. The quantitative estimate of drug-likeness (QED) is 0.772. The second-order valence-corrected chi connectivity index (χ2v) is 5.55. The van der Waals surface area contributed by atoms with Gasteiger partial charge in [-0.25, -0.2) is 0 Å². The maximum atomic E-state index is 11.7. The molecular formula is C17H22O3. The van der Waals surface area contributed by atoms with Crippen molar-refractivity contribution in [1.29, 1.82) is 0 Å². The Morgan fingerprint density at radius 3 is 2.85 bits per heavy atom. The summed E-state index contributed by atoms with van der Waals surface area (Å²) in [7, 11) is 0. The maximum Gasteiger partial charge on any atom is 0.312 e. The summed E-state index contributed by atoms with van der Waals surface area (Å²) in [5.74, 6) is -0.580. The molecule has 0 aromatic heterocycles. The van der Waals surface area contributed by atoms with Crippen LogP contribution in [0.4, 0.5) is 0 Å². The van der Waals surface area contributed by atoms with Gasteiger partial charge in [0.05, 0.1) is 18.6 Å². The summed E-state index contributed by atoms with van der Waals surface area (Å²) in [5, 5.41) is 9.64. The third kappa shape index (κ3) is 3.10. The molecule has 2 atom stereocenters. The lowest BCUT2D eigenvalue weighted by Crippen LogP contribution is -2.39. The summed E-state index contributed by atoms with van der Waals surface area (Å²) in [6, 6.07) is 9.86. The van der Waals surface area contributed by atoms with Crippen LogP contribution in [0, 0.1) is 11.3 Å². The third-order valence-corrected chi connectivity index (χ3v) is 4.31. The SMILES string of the molecule is C=CC[C@@H]1CCC[C@]1(COCc1ccccc1)C(=O)O. The van der Waals surface area contributed by atoms with Gasteiger partial charge in [0.25, 0.3) is 0 Å². The Labute approximate surface area is 120 Å². The largest absolute Gasteiger partial charge is 0.481 e. The summed E-state index contributed by atoms with van der Waals surface area (Å²) >= 11 is 0. The molecule has 0 unspecified atom stereocenters. The van der Waals surface area contributed by atoms with E-state index in [1.165, 1.54) is 0 Å². The molecule has 1 aliphatic rings. The Balaban J connectivity index is 1.99. The van der Waals surface area contributed by atoms with Gasteiger partial charge >= 0.3 is 5.97 Å². The van der Waals surface area contributed by atoms with Gasteiger partial charge in [0.1, 0.15) is 0 Å². The highest BCUT2D eigenvalue weighted by molar-refractivity contribution is 5.75. The molecule has 1 N–H and O–H groups in total. The minimum Gasteiger partial charge on any atom is -0.481 e. The minimum atomic E-state index is -0.733. The summed E-state index contributed by atoms with van der Waals surface area (Å²) in [4.78, 5) is 11.7. The summed E-state index contributed by atoms with van der Waals surface area (Å²) in [6.07, 6.45) is 5.19. The van der Waals surface area contributed by atoms with Crippen molar-refractivity contribution in [3.63, 3.8) is 0 Å². The molecule has 108 valence electrons. The van der Waals surface area contributed by atoms with Crippen LogP contribution in [0.15, 0.2) is 43.0 Å². The first-order valence-corrected chi connectivity index (χ1v) is 7.15. The van der Waals surface area contributed by atoms with E-state index in [1.54, 1.807) is 0 Å². The van der Waals surface area contributed by atoms with Crippen LogP contribution < -0.4 is 0 Å². The van der Waals surface area contributed by atoms with E-state index in [0.29, 0.717) is 13.0 Å². The zero-order valence-corrected chi connectivity index (χ0v) is 11.8. The second-order valence-electron chi connectivity index (χ2n) is 5.55. The van der Waals surface area contributed by atoms with Crippen LogP contribution in [0.3, 0.4) is 0 Å². The molecule has 2 rings (SSSR count). The van der Waals surface area contributed by atoms with Crippen LogP contribution in [-0.2, 0) is 16.1 Å². The van der Waals surface area contributed by atoms with Gasteiger partial charge in [-0.05, 0) is 30.7 Å². The number of carboxylic acids is 1. The zero-order chi connectivity index (χ0) is 14.4. The van der Waals surface area contributed by atoms with Gasteiger partial charge < -0.3 is 9.84 Å². The number of allylic oxidation sites excluding steroid dienone is 1. The van der Waals surface area contributed by atoms with Crippen molar-refractivity contribution >= 4 is 5.97 Å². The highest BCUT2D eigenvalue weighted by Crippen LogP contribution is 2.46. The van der Waals surface area contributed by atoms with Crippen molar-refractivity contribution in [2.45, 2.75) is 32.3 Å². The van der Waals surface area contributed by atoms with E-state index in [2.05, 4.69) is 6.58 Å². The lowest BCUT2D eigenvalue weighted by molar-refractivity contribution is -0.156. The van der Waals surface area contributed by atoms with E-state index in [-0.39, 0.29) is 12.5 Å². The molecular weight excluding hydrogens is 252 g/mol. The monoisotopic (exact) mass is 274 g/mol. The van der Waals surface area contributed by atoms with E-state index in [4.69, 9.17) is 4.74 Å². The normalized spacial score (nSPS) is 25.5. The first kappa shape index (κ1) is 14.8. The predicted octanol–water partition coefficient (Wildman–Crippen LogP) is 3.65. The van der Waals surface area contributed by atoms with Crippen molar-refractivity contribution in [2.24, 2.45) is 11.3 Å². The highest BCUT2D eigenvalue weighted by Gasteiger charge is 2.48. The summed E-state index contributed by atoms with van der Waals surface area (Å²) < 4.78 is 5.73. The fourth-order valence-corrected chi connectivity index (χ4v) is 3.15. The van der Waals surface area contributed by atoms with Crippen LogP contribution >= 0.6 is 0 Å². The Morgan fingerprint density at radius 1 is 1.45 bits per heavy atom. The lowest BCUT2D eigenvalue weighted by atomic mass is 9.77. The van der Waals surface area contributed by atoms with Gasteiger partial charge in [0, 0.05) is 0 Å². The second kappa shape index (κ2) is 6.71. The topological polar surface area (TPSA) is 46.5 Å². The molecule has 1 aromatic carbocycles. The first-order valence-electron chi connectivity index (χ1n) is 7.15. The van der Waals surface area contributed by atoms with Crippen LogP contribution in [0.1, 0.15) is 31.2 Å². The van der Waals surface area contributed by atoms with E-state index >= 15 is 0 Å². The zero-order valence-electron chi connectivity index (χ0n) is 11.8. The standard InChI is InChI=1S/C17H22O3/c1-2-7-15-10-6-11-17(15,16(18)19)13-20-12-14-8-4-3-5-9-14/h2-5,8-9,15H,1,6-7,10-13H2,(H,18,19)/t15-,17-/m1/s1. The number of hydrogen-bond donors (Lipinski definition) is 1. The molecule has 3 heteroatoms. The molecule has 1 saturated carbocycles. The predicted molar refractivity (Wildman–Crippen MR) is 78.3 cm³/mol. The van der Waals surface area contributed by atoms with Crippen LogP contribution in [0.5, 0.6) is 0 Å². The molecule has 0 heterocycles. The molecule has 20 heavy (non-hydrogen) atoms. The summed E-state index contributed by atoms with van der Waals surface area (Å²) in [5.41, 5.74) is 0.342. The Bertz CT molecular complexity index is 455. The number of aliphatic carboxylic acids is 1. The van der Waals surface area contributed by atoms with E-state index in [9.17, 15) is 9.90 Å². The fraction of sp³-hybridized carbons (Fsp3) is 0.471. The molecule has 1 fully saturated rings. The Kier molecular flexibility index (Phi) is 4.96.